The van der Waals surface area contributed by atoms with Gasteiger partial charge in [-0.15, -0.1) is 0 Å². The van der Waals surface area contributed by atoms with Crippen molar-refractivity contribution in [3.05, 3.63) is 85.7 Å². The van der Waals surface area contributed by atoms with Gasteiger partial charge < -0.3 is 14.6 Å². The van der Waals surface area contributed by atoms with E-state index in [-0.39, 0.29) is 29.1 Å². The molecule has 0 aliphatic rings. The van der Waals surface area contributed by atoms with E-state index in [1.165, 1.54) is 23.5 Å². The van der Waals surface area contributed by atoms with Gasteiger partial charge in [0.1, 0.15) is 11.6 Å². The first-order chi connectivity index (χ1) is 14.4. The molecule has 0 aliphatic carbocycles. The zero-order chi connectivity index (χ0) is 21.7. The molecule has 5 nitrogen and oxygen atoms in total. The third-order valence-electron chi connectivity index (χ3n) is 5.14. The Kier molecular flexibility index (Phi) is 7.05. The molecule has 3 aromatic rings. The van der Waals surface area contributed by atoms with Crippen molar-refractivity contribution in [2.45, 2.75) is 39.3 Å². The van der Waals surface area contributed by atoms with E-state index in [1.807, 2.05) is 38.1 Å². The van der Waals surface area contributed by atoms with Gasteiger partial charge in [-0.25, -0.2) is 4.39 Å². The van der Waals surface area contributed by atoms with Gasteiger partial charge in [-0.3, -0.25) is 9.59 Å². The second kappa shape index (κ2) is 9.71. The van der Waals surface area contributed by atoms with Crippen molar-refractivity contribution in [2.24, 2.45) is 0 Å². The van der Waals surface area contributed by atoms with E-state index in [1.54, 1.807) is 23.8 Å². The van der Waals surface area contributed by atoms with Crippen LogP contribution >= 0.6 is 11.3 Å². The lowest BCUT2D eigenvalue weighted by molar-refractivity contribution is -0.122. The first-order valence-electron chi connectivity index (χ1n) is 9.72. The Morgan fingerprint density at radius 3 is 2.37 bits per heavy atom. The largest absolute Gasteiger partial charge is 0.497 e. The molecule has 3 rings (SSSR count). The number of benzene rings is 2. The summed E-state index contributed by atoms with van der Waals surface area (Å²) in [6, 6.07) is 13.5. The maximum absolute atomic E-state index is 13.3. The highest BCUT2D eigenvalue weighted by Crippen LogP contribution is 2.22. The fourth-order valence-electron chi connectivity index (χ4n) is 3.27. The fourth-order valence-corrected chi connectivity index (χ4v) is 4.13. The van der Waals surface area contributed by atoms with Crippen LogP contribution in [0.5, 0.6) is 5.75 Å². The van der Waals surface area contributed by atoms with Crippen LogP contribution in [0.1, 0.15) is 34.2 Å². The summed E-state index contributed by atoms with van der Waals surface area (Å²) in [5.74, 6) is 0.289. The summed E-state index contributed by atoms with van der Waals surface area (Å²) in [5, 5.41) is 3.06. The van der Waals surface area contributed by atoms with Crippen LogP contribution < -0.4 is 14.9 Å². The summed E-state index contributed by atoms with van der Waals surface area (Å²) in [5.41, 5.74) is 2.74. The van der Waals surface area contributed by atoms with Gasteiger partial charge in [-0.05, 0) is 55.7 Å². The zero-order valence-electron chi connectivity index (χ0n) is 17.3. The number of nitrogens with zero attached hydrogens (tertiary/aromatic N) is 1. The summed E-state index contributed by atoms with van der Waals surface area (Å²) < 4.78 is 20.1. The number of thiazole rings is 1. The van der Waals surface area contributed by atoms with E-state index >= 15 is 0 Å². The minimum atomic E-state index is -0.296. The minimum absolute atomic E-state index is 0.0455. The van der Waals surface area contributed by atoms with Crippen LogP contribution in [0, 0.1) is 19.7 Å². The molecule has 1 N–H and O–H groups in total. The van der Waals surface area contributed by atoms with Crippen LogP contribution in [0.25, 0.3) is 0 Å². The number of aryl methyl sites for hydroxylation is 1. The summed E-state index contributed by atoms with van der Waals surface area (Å²) in [4.78, 5) is 25.7. The second-order valence-corrected chi connectivity index (χ2v) is 8.30. The minimum Gasteiger partial charge on any atom is -0.497 e. The Balaban J connectivity index is 1.74. The molecular weight excluding hydrogens is 403 g/mol. The number of ether oxygens (including phenoxy) is 1. The third-order valence-corrected chi connectivity index (χ3v) is 6.14. The zero-order valence-corrected chi connectivity index (χ0v) is 18.1. The van der Waals surface area contributed by atoms with E-state index in [0.717, 1.165) is 27.4 Å². The summed E-state index contributed by atoms with van der Waals surface area (Å²) in [6.07, 6.45) is 0.724. The number of amides is 1. The standard InChI is InChI=1S/C23H25FN2O3S/c1-15-16(2)30-23(28)26(15)13-12-22(27)25-21(14-17-4-8-19(24)9-5-17)18-6-10-20(29-3)11-7-18/h4-11,21H,12-14H2,1-3H3,(H,25,27). The van der Waals surface area contributed by atoms with E-state index in [4.69, 9.17) is 4.74 Å². The SMILES string of the molecule is COc1ccc(C(Cc2ccc(F)cc2)NC(=O)CCn2c(C)c(C)sc2=O)cc1. The number of rotatable bonds is 8. The van der Waals surface area contributed by atoms with Crippen molar-refractivity contribution in [1.29, 1.82) is 0 Å². The van der Waals surface area contributed by atoms with Gasteiger partial charge in [0.2, 0.25) is 5.91 Å². The van der Waals surface area contributed by atoms with Crippen molar-refractivity contribution in [1.82, 2.24) is 9.88 Å². The van der Waals surface area contributed by atoms with Gasteiger partial charge in [0.25, 0.3) is 0 Å². The number of methoxy groups -OCH3 is 1. The molecule has 2 aromatic carbocycles. The lowest BCUT2D eigenvalue weighted by atomic mass is 9.98. The van der Waals surface area contributed by atoms with Crippen molar-refractivity contribution < 1.29 is 13.9 Å². The number of hydrogen-bond donors (Lipinski definition) is 1. The van der Waals surface area contributed by atoms with E-state index in [9.17, 15) is 14.0 Å². The van der Waals surface area contributed by atoms with Gasteiger partial charge in [0.15, 0.2) is 0 Å². The molecule has 1 atom stereocenters. The Hall–Kier alpha value is -2.93. The first kappa shape index (κ1) is 21.8. The number of aromatic nitrogens is 1. The van der Waals surface area contributed by atoms with Gasteiger partial charge >= 0.3 is 4.87 Å². The number of nitrogens with one attached hydrogen (secondary N) is 1. The van der Waals surface area contributed by atoms with Crippen LogP contribution in [-0.2, 0) is 17.8 Å². The maximum Gasteiger partial charge on any atom is 0.307 e. The van der Waals surface area contributed by atoms with Crippen molar-refractivity contribution in [3.63, 3.8) is 0 Å². The Morgan fingerprint density at radius 1 is 1.13 bits per heavy atom. The Morgan fingerprint density at radius 2 is 1.80 bits per heavy atom. The summed E-state index contributed by atoms with van der Waals surface area (Å²) in [6.45, 7) is 4.13. The number of halogens is 1. The quantitative estimate of drug-likeness (QED) is 0.586. The lowest BCUT2D eigenvalue weighted by Gasteiger charge is -2.20. The van der Waals surface area contributed by atoms with Gasteiger partial charge in [-0.1, -0.05) is 35.6 Å². The van der Waals surface area contributed by atoms with Crippen LogP contribution in [0.3, 0.4) is 0 Å². The second-order valence-electron chi connectivity index (χ2n) is 7.14. The predicted octanol–water partition coefficient (Wildman–Crippen LogP) is 4.16. The monoisotopic (exact) mass is 428 g/mol. The predicted molar refractivity (Wildman–Crippen MR) is 117 cm³/mol. The van der Waals surface area contributed by atoms with Crippen LogP contribution in [0.15, 0.2) is 53.3 Å². The molecule has 0 radical (unpaired) electrons. The highest BCUT2D eigenvalue weighted by molar-refractivity contribution is 7.09. The molecule has 0 aliphatic heterocycles. The average Bonchev–Trinajstić information content (AvgIpc) is 2.98. The van der Waals surface area contributed by atoms with Crippen LogP contribution in [0.2, 0.25) is 0 Å². The molecule has 0 saturated carbocycles. The fraction of sp³-hybridized carbons (Fsp3) is 0.304. The normalized spacial score (nSPS) is 11.9. The number of carbonyl (C=O) groups is 1. The molecule has 0 fully saturated rings. The van der Waals surface area contributed by atoms with Gasteiger partial charge in [-0.2, -0.15) is 0 Å². The number of carbonyl (C=O) groups excluding carboxylic acids is 1. The van der Waals surface area contributed by atoms with Crippen molar-refractivity contribution in [3.8, 4) is 5.75 Å². The topological polar surface area (TPSA) is 60.3 Å². The molecule has 1 aromatic heterocycles. The van der Waals surface area contributed by atoms with Crippen molar-refractivity contribution in [2.75, 3.05) is 7.11 Å². The molecule has 158 valence electrons. The Labute approximate surface area is 179 Å². The molecule has 1 unspecified atom stereocenters. The van der Waals surface area contributed by atoms with E-state index < -0.39 is 0 Å². The average molecular weight is 429 g/mol. The lowest BCUT2D eigenvalue weighted by Crippen LogP contribution is -2.31. The van der Waals surface area contributed by atoms with Gasteiger partial charge in [0.05, 0.1) is 13.2 Å². The smallest absolute Gasteiger partial charge is 0.307 e. The maximum atomic E-state index is 13.3. The third kappa shape index (κ3) is 5.36. The molecule has 30 heavy (non-hydrogen) atoms. The molecule has 0 saturated heterocycles. The van der Waals surface area contributed by atoms with Crippen LogP contribution in [0.4, 0.5) is 4.39 Å². The van der Waals surface area contributed by atoms with Crippen LogP contribution in [-0.4, -0.2) is 17.6 Å². The van der Waals surface area contributed by atoms with Gasteiger partial charge in [0, 0.05) is 23.5 Å². The first-order valence-corrected chi connectivity index (χ1v) is 10.5. The molecule has 1 heterocycles. The Bertz CT molecular complexity index is 1060. The molecule has 0 bridgehead atoms. The van der Waals surface area contributed by atoms with E-state index in [0.29, 0.717) is 13.0 Å². The summed E-state index contributed by atoms with van der Waals surface area (Å²) in [7, 11) is 1.60. The highest BCUT2D eigenvalue weighted by atomic mass is 32.1. The molecule has 7 heteroatoms. The number of hydrogen-bond acceptors (Lipinski definition) is 4. The molecular formula is C23H25FN2O3S. The highest BCUT2D eigenvalue weighted by Gasteiger charge is 2.17. The molecule has 1 amide bonds. The molecule has 0 spiro atoms. The summed E-state index contributed by atoms with van der Waals surface area (Å²) >= 11 is 1.20. The van der Waals surface area contributed by atoms with Crippen molar-refractivity contribution >= 4 is 17.2 Å². The van der Waals surface area contributed by atoms with E-state index in [2.05, 4.69) is 5.32 Å².